The average molecular weight is 344 g/mol. The smallest absolute Gasteiger partial charge is 0.251 e. The second-order valence-corrected chi connectivity index (χ2v) is 6.53. The number of hydrogen-bond acceptors (Lipinski definition) is 1. The van der Waals surface area contributed by atoms with Crippen molar-refractivity contribution in [3.05, 3.63) is 70.2 Å². The minimum absolute atomic E-state index is 0.0235. The Morgan fingerprint density at radius 2 is 1.76 bits per heavy atom. The molecule has 1 fully saturated rings. The highest BCUT2D eigenvalue weighted by Crippen LogP contribution is 2.34. The molecule has 21 heavy (non-hydrogen) atoms. The van der Waals surface area contributed by atoms with E-state index in [1.165, 1.54) is 18.4 Å². The zero-order chi connectivity index (χ0) is 14.7. The quantitative estimate of drug-likeness (QED) is 0.865. The maximum atomic E-state index is 12.4. The molecule has 2 aromatic rings. The SMILES string of the molecule is O=C(N[C@H](Cc1ccccc1)C1CC1)c1ccc(Br)cc1. The van der Waals surface area contributed by atoms with Gasteiger partial charge in [0.1, 0.15) is 0 Å². The van der Waals surface area contributed by atoms with Crippen LogP contribution in [0.25, 0.3) is 0 Å². The zero-order valence-electron chi connectivity index (χ0n) is 11.8. The van der Waals surface area contributed by atoms with Crippen molar-refractivity contribution in [3.63, 3.8) is 0 Å². The number of hydrogen-bond donors (Lipinski definition) is 1. The highest BCUT2D eigenvalue weighted by Gasteiger charge is 2.32. The number of halogens is 1. The second kappa shape index (κ2) is 6.44. The molecule has 2 nitrogen and oxygen atoms in total. The van der Waals surface area contributed by atoms with Gasteiger partial charge < -0.3 is 5.32 Å². The van der Waals surface area contributed by atoms with Crippen LogP contribution in [0.15, 0.2) is 59.1 Å². The van der Waals surface area contributed by atoms with Crippen LogP contribution in [0.4, 0.5) is 0 Å². The minimum Gasteiger partial charge on any atom is -0.349 e. The third-order valence-corrected chi connectivity index (χ3v) is 4.44. The van der Waals surface area contributed by atoms with Crippen molar-refractivity contribution in [1.82, 2.24) is 5.32 Å². The Bertz CT molecular complexity index is 605. The first kappa shape index (κ1) is 14.3. The van der Waals surface area contributed by atoms with Gasteiger partial charge in [-0.2, -0.15) is 0 Å². The number of carbonyl (C=O) groups is 1. The molecule has 1 N–H and O–H groups in total. The summed E-state index contributed by atoms with van der Waals surface area (Å²) in [6.45, 7) is 0. The average Bonchev–Trinajstić information content (AvgIpc) is 3.33. The predicted molar refractivity (Wildman–Crippen MR) is 88.3 cm³/mol. The topological polar surface area (TPSA) is 29.1 Å². The van der Waals surface area contributed by atoms with Crippen LogP contribution in [-0.2, 0) is 6.42 Å². The lowest BCUT2D eigenvalue weighted by molar-refractivity contribution is 0.0932. The first-order chi connectivity index (χ1) is 10.2. The molecule has 3 heteroatoms. The van der Waals surface area contributed by atoms with Gasteiger partial charge in [-0.1, -0.05) is 46.3 Å². The summed E-state index contributed by atoms with van der Waals surface area (Å²) in [5, 5.41) is 3.21. The fraction of sp³-hybridized carbons (Fsp3) is 0.278. The van der Waals surface area contributed by atoms with Crippen molar-refractivity contribution < 1.29 is 4.79 Å². The lowest BCUT2D eigenvalue weighted by atomic mass is 10.0. The molecule has 3 rings (SSSR count). The van der Waals surface area contributed by atoms with Crippen LogP contribution >= 0.6 is 15.9 Å². The van der Waals surface area contributed by atoms with Crippen molar-refractivity contribution in [1.29, 1.82) is 0 Å². The Labute approximate surface area is 133 Å². The van der Waals surface area contributed by atoms with Crippen LogP contribution in [-0.4, -0.2) is 11.9 Å². The van der Waals surface area contributed by atoms with Crippen LogP contribution in [0, 0.1) is 5.92 Å². The molecule has 1 aliphatic carbocycles. The summed E-state index contributed by atoms with van der Waals surface area (Å²) in [7, 11) is 0. The summed E-state index contributed by atoms with van der Waals surface area (Å²) in [4.78, 5) is 12.4. The molecule has 1 aliphatic rings. The van der Waals surface area contributed by atoms with E-state index in [1.807, 2.05) is 30.3 Å². The molecule has 0 aromatic heterocycles. The van der Waals surface area contributed by atoms with E-state index in [9.17, 15) is 4.79 Å². The van der Waals surface area contributed by atoms with Crippen molar-refractivity contribution >= 4 is 21.8 Å². The van der Waals surface area contributed by atoms with Gasteiger partial charge >= 0.3 is 0 Å². The monoisotopic (exact) mass is 343 g/mol. The number of carbonyl (C=O) groups excluding carboxylic acids is 1. The summed E-state index contributed by atoms with van der Waals surface area (Å²) < 4.78 is 0.988. The first-order valence-corrected chi connectivity index (χ1v) is 8.12. The molecule has 108 valence electrons. The fourth-order valence-corrected chi connectivity index (χ4v) is 2.82. The van der Waals surface area contributed by atoms with Gasteiger partial charge in [0.25, 0.3) is 5.91 Å². The largest absolute Gasteiger partial charge is 0.349 e. The number of nitrogens with one attached hydrogen (secondary N) is 1. The van der Waals surface area contributed by atoms with E-state index < -0.39 is 0 Å². The van der Waals surface area contributed by atoms with E-state index in [4.69, 9.17) is 0 Å². The number of benzene rings is 2. The summed E-state index contributed by atoms with van der Waals surface area (Å²) in [6, 6.07) is 18.1. The van der Waals surface area contributed by atoms with Gasteiger partial charge in [0.05, 0.1) is 0 Å². The summed E-state index contributed by atoms with van der Waals surface area (Å²) in [5.74, 6) is 0.653. The molecule has 0 unspecified atom stereocenters. The summed E-state index contributed by atoms with van der Waals surface area (Å²) in [6.07, 6.45) is 3.35. The van der Waals surface area contributed by atoms with Gasteiger partial charge in [0, 0.05) is 16.1 Å². The van der Waals surface area contributed by atoms with Gasteiger partial charge in [-0.25, -0.2) is 0 Å². The molecular weight excluding hydrogens is 326 g/mol. The molecule has 0 bridgehead atoms. The minimum atomic E-state index is 0.0235. The molecule has 1 saturated carbocycles. The second-order valence-electron chi connectivity index (χ2n) is 5.61. The molecule has 0 saturated heterocycles. The van der Waals surface area contributed by atoms with Gasteiger partial charge in [-0.05, 0) is 55.0 Å². The Hall–Kier alpha value is -1.61. The van der Waals surface area contributed by atoms with Gasteiger partial charge in [-0.15, -0.1) is 0 Å². The first-order valence-electron chi connectivity index (χ1n) is 7.33. The highest BCUT2D eigenvalue weighted by atomic mass is 79.9. The Kier molecular flexibility index (Phi) is 4.39. The van der Waals surface area contributed by atoms with E-state index >= 15 is 0 Å². The van der Waals surface area contributed by atoms with Crippen LogP contribution in [0.1, 0.15) is 28.8 Å². The van der Waals surface area contributed by atoms with Gasteiger partial charge in [0.2, 0.25) is 0 Å². The van der Waals surface area contributed by atoms with Crippen molar-refractivity contribution in [2.24, 2.45) is 5.92 Å². The molecule has 0 spiro atoms. The number of amides is 1. The van der Waals surface area contributed by atoms with E-state index in [0.29, 0.717) is 5.92 Å². The Morgan fingerprint density at radius 3 is 2.38 bits per heavy atom. The van der Waals surface area contributed by atoms with E-state index in [1.54, 1.807) is 0 Å². The molecule has 1 amide bonds. The van der Waals surface area contributed by atoms with E-state index in [2.05, 4.69) is 45.5 Å². The Balaban J connectivity index is 1.67. The lowest BCUT2D eigenvalue weighted by Crippen LogP contribution is -2.38. The maximum Gasteiger partial charge on any atom is 0.251 e. The van der Waals surface area contributed by atoms with Crippen molar-refractivity contribution in [2.45, 2.75) is 25.3 Å². The van der Waals surface area contributed by atoms with E-state index in [-0.39, 0.29) is 11.9 Å². The zero-order valence-corrected chi connectivity index (χ0v) is 13.3. The lowest BCUT2D eigenvalue weighted by Gasteiger charge is -2.18. The van der Waals surface area contributed by atoms with Crippen LogP contribution < -0.4 is 5.32 Å². The van der Waals surface area contributed by atoms with Crippen LogP contribution in [0.5, 0.6) is 0 Å². The van der Waals surface area contributed by atoms with Gasteiger partial charge in [0.15, 0.2) is 0 Å². The van der Waals surface area contributed by atoms with Crippen LogP contribution in [0.3, 0.4) is 0 Å². The third-order valence-electron chi connectivity index (χ3n) is 3.91. The molecule has 0 radical (unpaired) electrons. The third kappa shape index (κ3) is 3.94. The summed E-state index contributed by atoms with van der Waals surface area (Å²) in [5.41, 5.74) is 2.00. The predicted octanol–water partition coefficient (Wildman–Crippen LogP) is 4.20. The standard InChI is InChI=1S/C18H18BrNO/c19-16-10-8-15(9-11-16)18(21)20-17(14-6-7-14)12-13-4-2-1-3-5-13/h1-5,8-11,14,17H,6-7,12H2,(H,20,21)/t17-/m1/s1. The van der Waals surface area contributed by atoms with Gasteiger partial charge in [-0.3, -0.25) is 4.79 Å². The maximum absolute atomic E-state index is 12.4. The summed E-state index contributed by atoms with van der Waals surface area (Å²) >= 11 is 3.39. The number of rotatable bonds is 5. The molecule has 2 aromatic carbocycles. The Morgan fingerprint density at radius 1 is 1.10 bits per heavy atom. The fourth-order valence-electron chi connectivity index (χ4n) is 2.56. The highest BCUT2D eigenvalue weighted by molar-refractivity contribution is 9.10. The molecular formula is C18H18BrNO. The van der Waals surface area contributed by atoms with Crippen molar-refractivity contribution in [3.8, 4) is 0 Å². The molecule has 0 heterocycles. The van der Waals surface area contributed by atoms with Crippen molar-refractivity contribution in [2.75, 3.05) is 0 Å². The van der Waals surface area contributed by atoms with Crippen LogP contribution in [0.2, 0.25) is 0 Å². The normalized spacial score (nSPS) is 15.5. The van der Waals surface area contributed by atoms with E-state index in [0.717, 1.165) is 16.5 Å². The molecule has 1 atom stereocenters. The molecule has 0 aliphatic heterocycles.